The third-order valence-corrected chi connectivity index (χ3v) is 14.8. The van der Waals surface area contributed by atoms with Gasteiger partial charge in [0.25, 0.3) is 21.6 Å². The first-order chi connectivity index (χ1) is 31.8. The average Bonchev–Trinajstić information content (AvgIpc) is 3.78. The maximum atomic E-state index is 14.4. The van der Waals surface area contributed by atoms with Crippen molar-refractivity contribution in [2.45, 2.75) is 50.2 Å². The Hall–Kier alpha value is -5.92. The van der Waals surface area contributed by atoms with Crippen molar-refractivity contribution in [3.63, 3.8) is 0 Å². The van der Waals surface area contributed by atoms with Gasteiger partial charge in [-0.2, -0.15) is 4.98 Å². The molecule has 2 atom stereocenters. The molecule has 17 nitrogen and oxygen atoms in total. The van der Waals surface area contributed by atoms with Crippen LogP contribution < -0.4 is 29.3 Å². The van der Waals surface area contributed by atoms with E-state index in [2.05, 4.69) is 50.8 Å². The lowest BCUT2D eigenvalue weighted by Crippen LogP contribution is -2.47. The van der Waals surface area contributed by atoms with E-state index < -0.39 is 43.6 Å². The number of piperazine rings is 1. The van der Waals surface area contributed by atoms with E-state index in [0.717, 1.165) is 74.1 Å². The number of ether oxygens (including phenoxy) is 4. The summed E-state index contributed by atoms with van der Waals surface area (Å²) >= 11 is 6.27. The Morgan fingerprint density at radius 1 is 0.970 bits per heavy atom. The second-order valence-electron chi connectivity index (χ2n) is 18.2. The number of anilines is 4. The molecule has 4 aliphatic heterocycles. The van der Waals surface area contributed by atoms with Crippen LogP contribution in [0.4, 0.5) is 28.4 Å². The number of nitro benzene ring substituents is 1. The number of carbonyl (C=O) groups is 1. The van der Waals surface area contributed by atoms with Gasteiger partial charge >= 0.3 is 0 Å². The minimum Gasteiger partial charge on any atom is -0.489 e. The molecule has 0 spiro atoms. The highest BCUT2D eigenvalue weighted by molar-refractivity contribution is 7.90. The summed E-state index contributed by atoms with van der Waals surface area (Å²) in [6, 6.07) is 19.0. The molecule has 5 aliphatic rings. The molecule has 0 bridgehead atoms. The lowest BCUT2D eigenvalue weighted by molar-refractivity contribution is -0.384. The number of nitrogens with one attached hydrogen (secondary N) is 3. The molecule has 1 amide bonds. The van der Waals surface area contributed by atoms with Crippen LogP contribution >= 0.6 is 11.6 Å². The number of aromatic amines is 1. The van der Waals surface area contributed by atoms with Crippen molar-refractivity contribution in [1.29, 1.82) is 0 Å². The molecule has 6 heterocycles. The summed E-state index contributed by atoms with van der Waals surface area (Å²) in [6.45, 7) is 10.4. The number of sulfonamides is 1. The van der Waals surface area contributed by atoms with Crippen LogP contribution in [0.5, 0.6) is 11.6 Å². The minimum absolute atomic E-state index is 0.0170. The zero-order valence-corrected chi connectivity index (χ0v) is 38.3. The van der Waals surface area contributed by atoms with Crippen LogP contribution in [-0.2, 0) is 19.5 Å². The van der Waals surface area contributed by atoms with Crippen LogP contribution in [0.2, 0.25) is 5.02 Å². The standard InChI is InChI=1S/C47H51ClN8O9S/c1-47(2)11-9-31(36(25-47)29-3-5-32(48)6-4-29)26-53-13-15-54(16-14-53)33-7-8-35(38(22-33)55-17-18-64-46-40(55)21-30-10-12-49-44(30)51-46)45(57)52-66(60,61)34-23-39(56(58)59)43-41(24-34)65-27-37(50-43)42-28-62-19-20-63-42/h3-8,10,12,21-24,37,42,50H,9,11,13-20,25-28H2,1-2H3,(H,49,51)(H,52,57)/t37-,42-/m1/s1. The van der Waals surface area contributed by atoms with Gasteiger partial charge in [-0.05, 0) is 78.3 Å². The highest BCUT2D eigenvalue weighted by Crippen LogP contribution is 2.45. The fourth-order valence-electron chi connectivity index (χ4n) is 9.60. The van der Waals surface area contributed by atoms with Crippen molar-refractivity contribution < 1.29 is 37.1 Å². The number of pyridine rings is 1. The van der Waals surface area contributed by atoms with Gasteiger partial charge in [-0.25, -0.2) is 13.1 Å². The van der Waals surface area contributed by atoms with E-state index >= 15 is 0 Å². The fourth-order valence-corrected chi connectivity index (χ4v) is 10.7. The number of benzene rings is 3. The van der Waals surface area contributed by atoms with E-state index in [1.54, 1.807) is 12.3 Å². The lowest BCUT2D eigenvalue weighted by atomic mass is 9.72. The summed E-state index contributed by atoms with van der Waals surface area (Å²) in [5.41, 5.74) is 6.47. The zero-order chi connectivity index (χ0) is 45.7. The normalized spacial score (nSPS) is 21.0. The minimum atomic E-state index is -4.68. The number of allylic oxidation sites excluding steroid dienone is 1. The van der Waals surface area contributed by atoms with Gasteiger partial charge in [0.1, 0.15) is 30.7 Å². The summed E-state index contributed by atoms with van der Waals surface area (Å²) < 4.78 is 53.6. The van der Waals surface area contributed by atoms with Gasteiger partial charge < -0.3 is 39.0 Å². The molecular weight excluding hydrogens is 888 g/mol. The molecule has 2 saturated heterocycles. The molecule has 346 valence electrons. The third kappa shape index (κ3) is 8.87. The van der Waals surface area contributed by atoms with Crippen LogP contribution in [0.25, 0.3) is 16.6 Å². The second kappa shape index (κ2) is 17.7. The summed E-state index contributed by atoms with van der Waals surface area (Å²) in [6.07, 6.45) is 4.54. The molecule has 10 rings (SSSR count). The summed E-state index contributed by atoms with van der Waals surface area (Å²) in [7, 11) is -4.68. The van der Waals surface area contributed by atoms with Crippen LogP contribution in [0.1, 0.15) is 49.0 Å². The Labute approximate surface area is 387 Å². The quantitative estimate of drug-likeness (QED) is 0.0944. The lowest BCUT2D eigenvalue weighted by Gasteiger charge is -2.39. The molecule has 66 heavy (non-hydrogen) atoms. The Morgan fingerprint density at radius 2 is 1.79 bits per heavy atom. The number of nitrogens with zero attached hydrogens (tertiary/aromatic N) is 5. The number of nitro groups is 1. The Morgan fingerprint density at radius 3 is 2.56 bits per heavy atom. The number of carbonyl (C=O) groups excluding carboxylic acids is 1. The van der Waals surface area contributed by atoms with Crippen molar-refractivity contribution in [1.82, 2.24) is 19.6 Å². The van der Waals surface area contributed by atoms with Gasteiger partial charge in [-0.1, -0.05) is 43.2 Å². The SMILES string of the molecule is CC1(C)CCC(CN2CCN(c3ccc(C(=O)NS(=O)(=O)c4cc5c(c([N+](=O)[O-])c4)N[C@@H]([C@H]4COCCO4)CO5)c(N4CCOc5nc6[nH]ccc6cc54)c3)CC2)=C(c2ccc(Cl)cc2)C1. The molecule has 3 aromatic carbocycles. The predicted octanol–water partition coefficient (Wildman–Crippen LogP) is 7.15. The second-order valence-corrected chi connectivity index (χ2v) is 20.3. The molecule has 3 N–H and O–H groups in total. The number of halogens is 1. The van der Waals surface area contributed by atoms with Crippen molar-refractivity contribution >= 4 is 72.6 Å². The smallest absolute Gasteiger partial charge is 0.297 e. The van der Waals surface area contributed by atoms with E-state index in [9.17, 15) is 23.3 Å². The molecule has 0 radical (unpaired) electrons. The first-order valence-corrected chi connectivity index (χ1v) is 24.1. The monoisotopic (exact) mass is 938 g/mol. The van der Waals surface area contributed by atoms with E-state index in [4.69, 9.17) is 35.5 Å². The van der Waals surface area contributed by atoms with E-state index in [1.165, 1.54) is 22.8 Å². The van der Waals surface area contributed by atoms with Crippen LogP contribution in [0, 0.1) is 15.5 Å². The van der Waals surface area contributed by atoms with Gasteiger partial charge in [0, 0.05) is 67.1 Å². The molecule has 19 heteroatoms. The van der Waals surface area contributed by atoms with Gasteiger partial charge in [-0.15, -0.1) is 0 Å². The number of hydrogen-bond acceptors (Lipinski definition) is 14. The number of aromatic nitrogens is 2. The first-order valence-electron chi connectivity index (χ1n) is 22.2. The average molecular weight is 939 g/mol. The highest BCUT2D eigenvalue weighted by atomic mass is 35.5. The summed E-state index contributed by atoms with van der Waals surface area (Å²) in [5.74, 6) is -0.586. The van der Waals surface area contributed by atoms with Gasteiger partial charge in [0.05, 0.1) is 53.5 Å². The Balaban J connectivity index is 0.926. The van der Waals surface area contributed by atoms with Gasteiger partial charge in [0.2, 0.25) is 5.88 Å². The van der Waals surface area contributed by atoms with Crippen molar-refractivity contribution in [2.24, 2.45) is 5.41 Å². The third-order valence-electron chi connectivity index (χ3n) is 13.2. The molecule has 2 fully saturated rings. The Bertz CT molecular complexity index is 2840. The van der Waals surface area contributed by atoms with Gasteiger partial charge in [-0.3, -0.25) is 19.8 Å². The maximum Gasteiger partial charge on any atom is 0.297 e. The van der Waals surface area contributed by atoms with E-state index in [-0.39, 0.29) is 42.2 Å². The van der Waals surface area contributed by atoms with E-state index in [1.807, 2.05) is 41.3 Å². The predicted molar refractivity (Wildman–Crippen MR) is 251 cm³/mol. The fraction of sp³-hybridized carbons (Fsp3) is 0.404. The van der Waals surface area contributed by atoms with Crippen molar-refractivity contribution in [2.75, 3.05) is 87.4 Å². The van der Waals surface area contributed by atoms with Crippen LogP contribution in [-0.4, -0.2) is 119 Å². The number of fused-ring (bicyclic) bond motifs is 3. The molecule has 0 saturated carbocycles. The number of amides is 1. The molecule has 0 unspecified atom stereocenters. The number of H-pyrrole nitrogens is 1. The van der Waals surface area contributed by atoms with E-state index in [0.29, 0.717) is 42.7 Å². The molecular formula is C47H51ClN8O9S. The molecule has 5 aromatic rings. The van der Waals surface area contributed by atoms with Crippen LogP contribution in [0.3, 0.4) is 0 Å². The van der Waals surface area contributed by atoms with Gasteiger partial charge in [0.15, 0.2) is 11.4 Å². The largest absolute Gasteiger partial charge is 0.489 e. The maximum absolute atomic E-state index is 14.4. The topological polar surface area (TPSA) is 194 Å². The number of hydrogen-bond donors (Lipinski definition) is 3. The highest BCUT2D eigenvalue weighted by Gasteiger charge is 2.37. The summed E-state index contributed by atoms with van der Waals surface area (Å²) in [5, 5.41) is 17.0. The van der Waals surface area contributed by atoms with Crippen molar-refractivity contribution in [3.8, 4) is 11.6 Å². The number of rotatable bonds is 10. The zero-order valence-electron chi connectivity index (χ0n) is 36.7. The molecule has 2 aromatic heterocycles. The Kier molecular flexibility index (Phi) is 11.8. The molecule has 1 aliphatic carbocycles. The summed E-state index contributed by atoms with van der Waals surface area (Å²) in [4.78, 5) is 40.1. The van der Waals surface area contributed by atoms with Crippen molar-refractivity contribution in [3.05, 3.63) is 105 Å². The first kappa shape index (κ1) is 43.9. The van der Waals surface area contributed by atoms with Crippen LogP contribution in [0.15, 0.2) is 83.4 Å².